The highest BCUT2D eigenvalue weighted by Crippen LogP contribution is 2.29. The fourth-order valence-corrected chi connectivity index (χ4v) is 5.43. The van der Waals surface area contributed by atoms with E-state index in [0.29, 0.717) is 17.9 Å². The second-order valence-electron chi connectivity index (χ2n) is 7.90. The zero-order chi connectivity index (χ0) is 25.4. The topological polar surface area (TPSA) is 84.9 Å². The second kappa shape index (κ2) is 12.1. The summed E-state index contributed by atoms with van der Waals surface area (Å²) in [6, 6.07) is 20.7. The largest absolute Gasteiger partial charge is 0.496 e. The van der Waals surface area contributed by atoms with Crippen LogP contribution in [0.5, 0.6) is 11.5 Å². The van der Waals surface area contributed by atoms with Crippen molar-refractivity contribution in [3.8, 4) is 11.5 Å². The average molecular weight is 517 g/mol. The van der Waals surface area contributed by atoms with E-state index in [0.717, 1.165) is 11.1 Å². The standard InChI is InChI=1S/C26H29ClN2O5S/c1-19(22-11-7-8-12-24(22)33-2)28-26(30)18-29(16-15-20-9-5-4-6-10-20)35(31,32)21-13-14-25(34-3)23(27)17-21/h4-14,17,19H,15-16,18H2,1-3H3,(H,28,30). The van der Waals surface area contributed by atoms with Gasteiger partial charge in [0.2, 0.25) is 15.9 Å². The van der Waals surface area contributed by atoms with Crippen molar-refractivity contribution >= 4 is 27.5 Å². The summed E-state index contributed by atoms with van der Waals surface area (Å²) in [6.45, 7) is 1.59. The van der Waals surface area contributed by atoms with E-state index >= 15 is 0 Å². The third-order valence-electron chi connectivity index (χ3n) is 5.56. The molecule has 1 atom stereocenters. The Kier molecular flexibility index (Phi) is 9.14. The highest BCUT2D eigenvalue weighted by atomic mass is 35.5. The Balaban J connectivity index is 1.83. The van der Waals surface area contributed by atoms with Gasteiger partial charge >= 0.3 is 0 Å². The Hall–Kier alpha value is -3.07. The summed E-state index contributed by atoms with van der Waals surface area (Å²) in [5.74, 6) is 0.575. The molecule has 3 rings (SSSR count). The molecular weight excluding hydrogens is 488 g/mol. The van der Waals surface area contributed by atoms with Crippen LogP contribution >= 0.6 is 11.6 Å². The summed E-state index contributed by atoms with van der Waals surface area (Å²) in [7, 11) is -1.01. The summed E-state index contributed by atoms with van der Waals surface area (Å²) >= 11 is 6.19. The van der Waals surface area contributed by atoms with Crippen LogP contribution in [0.1, 0.15) is 24.1 Å². The minimum atomic E-state index is -4.02. The van der Waals surface area contributed by atoms with Crippen LogP contribution in [0.2, 0.25) is 5.02 Å². The van der Waals surface area contributed by atoms with Gasteiger partial charge in [-0.05, 0) is 43.2 Å². The van der Waals surface area contributed by atoms with E-state index in [9.17, 15) is 13.2 Å². The maximum absolute atomic E-state index is 13.5. The van der Waals surface area contributed by atoms with E-state index in [-0.39, 0.29) is 29.0 Å². The van der Waals surface area contributed by atoms with Gasteiger partial charge in [0.25, 0.3) is 0 Å². The zero-order valence-electron chi connectivity index (χ0n) is 19.9. The van der Waals surface area contributed by atoms with Crippen molar-refractivity contribution in [2.75, 3.05) is 27.3 Å². The van der Waals surface area contributed by atoms with Gasteiger partial charge in [0.1, 0.15) is 11.5 Å². The predicted molar refractivity (Wildman–Crippen MR) is 136 cm³/mol. The molecule has 186 valence electrons. The molecular formula is C26H29ClN2O5S. The summed E-state index contributed by atoms with van der Waals surface area (Å²) < 4.78 is 38.7. The third-order valence-corrected chi connectivity index (χ3v) is 7.69. The number of ether oxygens (including phenoxy) is 2. The molecule has 0 heterocycles. The SMILES string of the molecule is COc1ccc(S(=O)(=O)N(CCc2ccccc2)CC(=O)NC(C)c2ccccc2OC)cc1Cl. The Morgan fingerprint density at radius 1 is 0.971 bits per heavy atom. The minimum absolute atomic E-state index is 0.0121. The van der Waals surface area contributed by atoms with Crippen molar-refractivity contribution in [1.29, 1.82) is 0 Å². The quantitative estimate of drug-likeness (QED) is 0.406. The lowest BCUT2D eigenvalue weighted by Gasteiger charge is -2.24. The smallest absolute Gasteiger partial charge is 0.243 e. The molecule has 1 N–H and O–H groups in total. The lowest BCUT2D eigenvalue weighted by atomic mass is 10.1. The monoisotopic (exact) mass is 516 g/mol. The number of nitrogens with one attached hydrogen (secondary N) is 1. The molecule has 0 fully saturated rings. The molecule has 0 radical (unpaired) electrons. The molecule has 0 aliphatic heterocycles. The van der Waals surface area contributed by atoms with Crippen molar-refractivity contribution in [2.45, 2.75) is 24.3 Å². The number of hydrogen-bond donors (Lipinski definition) is 1. The number of hydrogen-bond acceptors (Lipinski definition) is 5. The summed E-state index contributed by atoms with van der Waals surface area (Å²) in [5.41, 5.74) is 1.76. The predicted octanol–water partition coefficient (Wildman–Crippen LogP) is 4.47. The van der Waals surface area contributed by atoms with Gasteiger partial charge in [-0.25, -0.2) is 8.42 Å². The first-order valence-corrected chi connectivity index (χ1v) is 12.9. The van der Waals surface area contributed by atoms with Crippen LogP contribution in [-0.2, 0) is 21.2 Å². The zero-order valence-corrected chi connectivity index (χ0v) is 21.5. The first-order chi connectivity index (χ1) is 16.8. The van der Waals surface area contributed by atoms with Crippen LogP contribution in [0.3, 0.4) is 0 Å². The van der Waals surface area contributed by atoms with Gasteiger partial charge in [-0.2, -0.15) is 4.31 Å². The normalized spacial score (nSPS) is 12.3. The van der Waals surface area contributed by atoms with Crippen LogP contribution in [0.25, 0.3) is 0 Å². The number of amides is 1. The molecule has 0 bridgehead atoms. The van der Waals surface area contributed by atoms with Gasteiger partial charge < -0.3 is 14.8 Å². The van der Waals surface area contributed by atoms with E-state index in [1.165, 1.54) is 29.6 Å². The number of rotatable bonds is 11. The maximum atomic E-state index is 13.5. The Bertz CT molecular complexity index is 1250. The maximum Gasteiger partial charge on any atom is 0.243 e. The van der Waals surface area contributed by atoms with E-state index < -0.39 is 15.9 Å². The number of para-hydroxylation sites is 1. The molecule has 9 heteroatoms. The molecule has 0 saturated heterocycles. The van der Waals surface area contributed by atoms with Crippen molar-refractivity contribution in [1.82, 2.24) is 9.62 Å². The fourth-order valence-electron chi connectivity index (χ4n) is 3.69. The Morgan fingerprint density at radius 3 is 2.29 bits per heavy atom. The number of sulfonamides is 1. The molecule has 0 saturated carbocycles. The van der Waals surface area contributed by atoms with Crippen LogP contribution in [0.15, 0.2) is 77.7 Å². The van der Waals surface area contributed by atoms with Crippen molar-refractivity contribution in [3.63, 3.8) is 0 Å². The fraction of sp³-hybridized carbons (Fsp3) is 0.269. The lowest BCUT2D eigenvalue weighted by Crippen LogP contribution is -2.42. The molecule has 0 spiro atoms. The van der Waals surface area contributed by atoms with Crippen LogP contribution in [0, 0.1) is 0 Å². The highest BCUT2D eigenvalue weighted by Gasteiger charge is 2.28. The number of carbonyl (C=O) groups excluding carboxylic acids is 1. The van der Waals surface area contributed by atoms with E-state index in [1.54, 1.807) is 7.11 Å². The Morgan fingerprint density at radius 2 is 1.63 bits per heavy atom. The number of methoxy groups -OCH3 is 2. The number of nitrogens with zero attached hydrogens (tertiary/aromatic N) is 1. The third kappa shape index (κ3) is 6.75. The van der Waals surface area contributed by atoms with Gasteiger partial charge in [0.15, 0.2) is 0 Å². The summed E-state index contributed by atoms with van der Waals surface area (Å²) in [5, 5.41) is 3.05. The van der Waals surface area contributed by atoms with Crippen molar-refractivity contribution < 1.29 is 22.7 Å². The van der Waals surface area contributed by atoms with Gasteiger partial charge in [-0.3, -0.25) is 4.79 Å². The molecule has 0 aliphatic rings. The molecule has 3 aromatic rings. The lowest BCUT2D eigenvalue weighted by molar-refractivity contribution is -0.121. The first kappa shape index (κ1) is 26.5. The van der Waals surface area contributed by atoms with Crippen molar-refractivity contribution in [3.05, 3.63) is 88.9 Å². The molecule has 1 unspecified atom stereocenters. The number of benzene rings is 3. The van der Waals surface area contributed by atoms with Crippen LogP contribution < -0.4 is 14.8 Å². The number of carbonyl (C=O) groups is 1. The van der Waals surface area contributed by atoms with Crippen LogP contribution in [0.4, 0.5) is 0 Å². The average Bonchev–Trinajstić information content (AvgIpc) is 2.86. The van der Waals surface area contributed by atoms with Crippen LogP contribution in [-0.4, -0.2) is 45.9 Å². The first-order valence-electron chi connectivity index (χ1n) is 11.1. The summed E-state index contributed by atoms with van der Waals surface area (Å²) in [6.07, 6.45) is 0.444. The van der Waals surface area contributed by atoms with E-state index in [2.05, 4.69) is 5.32 Å². The van der Waals surface area contributed by atoms with E-state index in [1.807, 2.05) is 61.5 Å². The number of halogens is 1. The van der Waals surface area contributed by atoms with E-state index in [4.69, 9.17) is 21.1 Å². The Labute approximate surface area is 211 Å². The minimum Gasteiger partial charge on any atom is -0.496 e. The molecule has 0 aromatic heterocycles. The molecule has 1 amide bonds. The van der Waals surface area contributed by atoms with Gasteiger partial charge in [0.05, 0.1) is 36.7 Å². The van der Waals surface area contributed by atoms with Gasteiger partial charge in [0, 0.05) is 12.1 Å². The van der Waals surface area contributed by atoms with Crippen molar-refractivity contribution in [2.24, 2.45) is 0 Å². The summed E-state index contributed by atoms with van der Waals surface area (Å²) in [4.78, 5) is 13.0. The molecule has 35 heavy (non-hydrogen) atoms. The van der Waals surface area contributed by atoms with Gasteiger partial charge in [-0.1, -0.05) is 60.1 Å². The molecule has 3 aromatic carbocycles. The molecule has 7 nitrogen and oxygen atoms in total. The molecule has 0 aliphatic carbocycles. The second-order valence-corrected chi connectivity index (χ2v) is 10.2. The van der Waals surface area contributed by atoms with Gasteiger partial charge in [-0.15, -0.1) is 0 Å². The highest BCUT2D eigenvalue weighted by molar-refractivity contribution is 7.89.